The lowest BCUT2D eigenvalue weighted by molar-refractivity contribution is 0.561. The molecule has 2 aromatic heterocycles. The van der Waals surface area contributed by atoms with Gasteiger partial charge in [-0.3, -0.25) is 4.79 Å². The lowest BCUT2D eigenvalue weighted by Gasteiger charge is -1.97. The van der Waals surface area contributed by atoms with Crippen LogP contribution in [0.5, 0.6) is 0 Å². The Kier molecular flexibility index (Phi) is 1.80. The number of aryl methyl sites for hydroxylation is 1. The van der Waals surface area contributed by atoms with Gasteiger partial charge in [0.15, 0.2) is 11.5 Å². The minimum absolute atomic E-state index is 0.0908. The first-order valence-corrected chi connectivity index (χ1v) is 5.02. The maximum atomic E-state index is 11.9. The van der Waals surface area contributed by atoms with Gasteiger partial charge < -0.3 is 9.40 Å². The zero-order chi connectivity index (χ0) is 12.0. The molecule has 0 atom stereocenters. The van der Waals surface area contributed by atoms with Crippen molar-refractivity contribution >= 4 is 22.0 Å². The molecule has 3 rings (SSSR count). The van der Waals surface area contributed by atoms with Crippen LogP contribution in [0.4, 0.5) is 0 Å². The Morgan fingerprint density at radius 2 is 2.29 bits per heavy atom. The van der Waals surface area contributed by atoms with E-state index in [9.17, 15) is 4.79 Å². The monoisotopic (exact) mass is 225 g/mol. The number of rotatable bonds is 0. The molecular weight excluding hydrogens is 218 g/mol. The van der Waals surface area contributed by atoms with Crippen LogP contribution in [0.1, 0.15) is 11.5 Å². The molecule has 0 saturated heterocycles. The third-order valence-electron chi connectivity index (χ3n) is 2.62. The van der Waals surface area contributed by atoms with E-state index in [1.807, 2.05) is 6.07 Å². The van der Waals surface area contributed by atoms with Crippen molar-refractivity contribution in [3.05, 3.63) is 40.0 Å². The number of oxazole rings is 1. The summed E-state index contributed by atoms with van der Waals surface area (Å²) in [5.74, 6) is 0.545. The Morgan fingerprint density at radius 3 is 3.06 bits per heavy atom. The average Bonchev–Trinajstić information content (AvgIpc) is 2.67. The zero-order valence-corrected chi connectivity index (χ0v) is 8.94. The standard InChI is InChI=1S/C12H7N3O2/c1-6-15-10-3-9-8(2-11(10)17-6)12(16)7(4-13)5-14-9/h2-3,5H,1H3,(H,14,16). The van der Waals surface area contributed by atoms with Crippen molar-refractivity contribution in [2.75, 3.05) is 0 Å². The molecule has 17 heavy (non-hydrogen) atoms. The summed E-state index contributed by atoms with van der Waals surface area (Å²) in [6.45, 7) is 1.74. The molecule has 0 aliphatic carbocycles. The summed E-state index contributed by atoms with van der Waals surface area (Å²) in [6.07, 6.45) is 1.41. The van der Waals surface area contributed by atoms with Crippen LogP contribution >= 0.6 is 0 Å². The molecule has 1 aromatic carbocycles. The van der Waals surface area contributed by atoms with E-state index >= 15 is 0 Å². The Balaban J connectivity index is 2.53. The highest BCUT2D eigenvalue weighted by Gasteiger charge is 2.09. The molecule has 82 valence electrons. The minimum atomic E-state index is -0.294. The SMILES string of the molecule is Cc1nc2cc3[nH]cc(C#N)c(=O)c3cc2o1. The zero-order valence-electron chi connectivity index (χ0n) is 8.94. The van der Waals surface area contributed by atoms with Gasteiger partial charge in [-0.25, -0.2) is 4.98 Å². The molecule has 5 heteroatoms. The number of hydrogen-bond acceptors (Lipinski definition) is 4. The molecule has 0 bridgehead atoms. The van der Waals surface area contributed by atoms with Crippen LogP contribution in [0.25, 0.3) is 22.0 Å². The van der Waals surface area contributed by atoms with Crippen molar-refractivity contribution in [3.63, 3.8) is 0 Å². The largest absolute Gasteiger partial charge is 0.441 e. The summed E-state index contributed by atoms with van der Waals surface area (Å²) in [5.41, 5.74) is 1.69. The van der Waals surface area contributed by atoms with E-state index in [0.29, 0.717) is 27.9 Å². The molecule has 0 fully saturated rings. The number of aromatic amines is 1. The molecule has 1 N–H and O–H groups in total. The minimum Gasteiger partial charge on any atom is -0.441 e. The maximum Gasteiger partial charge on any atom is 0.207 e. The first-order valence-electron chi connectivity index (χ1n) is 5.02. The summed E-state index contributed by atoms with van der Waals surface area (Å²) < 4.78 is 5.36. The van der Waals surface area contributed by atoms with Crippen LogP contribution in [0.3, 0.4) is 0 Å². The number of nitriles is 1. The Morgan fingerprint density at radius 1 is 1.47 bits per heavy atom. The Hall–Kier alpha value is -2.61. The number of benzene rings is 1. The number of aromatic nitrogens is 2. The van der Waals surface area contributed by atoms with Crippen LogP contribution in [0, 0.1) is 18.3 Å². The van der Waals surface area contributed by atoms with Gasteiger partial charge in [0.25, 0.3) is 0 Å². The van der Waals surface area contributed by atoms with E-state index in [2.05, 4.69) is 9.97 Å². The molecule has 0 aliphatic rings. The van der Waals surface area contributed by atoms with Crippen molar-refractivity contribution in [3.8, 4) is 6.07 Å². The lowest BCUT2D eigenvalue weighted by Crippen LogP contribution is -2.06. The Bertz CT molecular complexity index is 836. The van der Waals surface area contributed by atoms with Crippen molar-refractivity contribution < 1.29 is 4.42 Å². The third kappa shape index (κ3) is 1.31. The summed E-state index contributed by atoms with van der Waals surface area (Å²) in [4.78, 5) is 19.0. The Labute approximate surface area is 95.3 Å². The predicted octanol–water partition coefficient (Wildman–Crippen LogP) is 1.85. The highest BCUT2D eigenvalue weighted by atomic mass is 16.3. The van der Waals surface area contributed by atoms with Crippen molar-refractivity contribution in [1.82, 2.24) is 9.97 Å². The highest BCUT2D eigenvalue weighted by molar-refractivity contribution is 5.92. The average molecular weight is 225 g/mol. The van der Waals surface area contributed by atoms with Gasteiger partial charge >= 0.3 is 0 Å². The van der Waals surface area contributed by atoms with Crippen molar-refractivity contribution in [2.24, 2.45) is 0 Å². The summed E-state index contributed by atoms with van der Waals surface area (Å²) in [6, 6.07) is 5.21. The number of nitrogens with zero attached hydrogens (tertiary/aromatic N) is 2. The number of hydrogen-bond donors (Lipinski definition) is 1. The fraction of sp³-hybridized carbons (Fsp3) is 0.0833. The van der Waals surface area contributed by atoms with E-state index in [4.69, 9.17) is 9.68 Å². The highest BCUT2D eigenvalue weighted by Crippen LogP contribution is 2.20. The second-order valence-electron chi connectivity index (χ2n) is 3.74. The summed E-state index contributed by atoms with van der Waals surface area (Å²) in [5, 5.41) is 9.23. The predicted molar refractivity (Wildman–Crippen MR) is 61.6 cm³/mol. The molecule has 5 nitrogen and oxygen atoms in total. The van der Waals surface area contributed by atoms with Gasteiger partial charge in [-0.1, -0.05) is 0 Å². The first kappa shape index (κ1) is 9.60. The molecule has 0 radical (unpaired) electrons. The van der Waals surface area contributed by atoms with E-state index < -0.39 is 0 Å². The van der Waals surface area contributed by atoms with E-state index in [1.54, 1.807) is 19.1 Å². The number of pyridine rings is 1. The normalized spacial score (nSPS) is 10.8. The third-order valence-corrected chi connectivity index (χ3v) is 2.62. The van der Waals surface area contributed by atoms with E-state index in [0.717, 1.165) is 0 Å². The van der Waals surface area contributed by atoms with Gasteiger partial charge in [0.05, 0.1) is 10.9 Å². The van der Waals surface area contributed by atoms with Crippen LogP contribution in [0.15, 0.2) is 27.5 Å². The molecule has 2 heterocycles. The van der Waals surface area contributed by atoms with Crippen LogP contribution in [-0.4, -0.2) is 9.97 Å². The van der Waals surface area contributed by atoms with Gasteiger partial charge in [-0.2, -0.15) is 5.26 Å². The van der Waals surface area contributed by atoms with E-state index in [1.165, 1.54) is 6.20 Å². The van der Waals surface area contributed by atoms with Crippen LogP contribution in [0.2, 0.25) is 0 Å². The molecule has 0 unspecified atom stereocenters. The van der Waals surface area contributed by atoms with Gasteiger partial charge in [-0.05, 0) is 12.1 Å². The maximum absolute atomic E-state index is 11.9. The fourth-order valence-electron chi connectivity index (χ4n) is 1.84. The lowest BCUT2D eigenvalue weighted by atomic mass is 10.1. The molecule has 0 aliphatic heterocycles. The van der Waals surface area contributed by atoms with Gasteiger partial charge in [-0.15, -0.1) is 0 Å². The van der Waals surface area contributed by atoms with Crippen molar-refractivity contribution in [1.29, 1.82) is 5.26 Å². The number of nitrogens with one attached hydrogen (secondary N) is 1. The van der Waals surface area contributed by atoms with Gasteiger partial charge in [0.2, 0.25) is 5.43 Å². The smallest absolute Gasteiger partial charge is 0.207 e. The first-order chi connectivity index (χ1) is 8.19. The molecular formula is C12H7N3O2. The summed E-state index contributed by atoms with van der Waals surface area (Å²) >= 11 is 0. The molecule has 3 aromatic rings. The van der Waals surface area contributed by atoms with Crippen LogP contribution in [-0.2, 0) is 0 Å². The van der Waals surface area contributed by atoms with Gasteiger partial charge in [0.1, 0.15) is 17.1 Å². The fourth-order valence-corrected chi connectivity index (χ4v) is 1.84. The second kappa shape index (κ2) is 3.19. The van der Waals surface area contributed by atoms with Crippen molar-refractivity contribution in [2.45, 2.75) is 6.92 Å². The quantitative estimate of drug-likeness (QED) is 0.632. The number of H-pyrrole nitrogens is 1. The topological polar surface area (TPSA) is 82.7 Å². The van der Waals surface area contributed by atoms with Crippen LogP contribution < -0.4 is 5.43 Å². The number of fused-ring (bicyclic) bond motifs is 2. The summed E-state index contributed by atoms with van der Waals surface area (Å²) in [7, 11) is 0. The molecule has 0 spiro atoms. The molecule has 0 amide bonds. The second-order valence-corrected chi connectivity index (χ2v) is 3.74. The van der Waals surface area contributed by atoms with Gasteiger partial charge in [0, 0.05) is 13.1 Å². The molecule has 0 saturated carbocycles. The van der Waals surface area contributed by atoms with E-state index in [-0.39, 0.29) is 11.0 Å².